The van der Waals surface area contributed by atoms with Gasteiger partial charge >= 0.3 is 13.8 Å². The van der Waals surface area contributed by atoms with E-state index in [1.807, 2.05) is 39.4 Å². The van der Waals surface area contributed by atoms with Crippen molar-refractivity contribution in [3.05, 3.63) is 72.9 Å². The van der Waals surface area contributed by atoms with Crippen molar-refractivity contribution in [2.75, 3.05) is 40.9 Å². The number of nitrogens with one attached hydrogen (secondary N) is 1. The third kappa shape index (κ3) is 50.4. The molecule has 0 fully saturated rings. The Morgan fingerprint density at radius 3 is 1.37 bits per heavy atom. The Balaban J connectivity index is 5.48. The first-order valence-corrected chi connectivity index (χ1v) is 30.3. The van der Waals surface area contributed by atoms with Crippen LogP contribution in [-0.2, 0) is 27.9 Å². The lowest BCUT2D eigenvalue weighted by Crippen LogP contribution is -2.47. The molecule has 406 valence electrons. The molecule has 0 rings (SSSR count). The Kier molecular flexibility index (Phi) is 48.2. The minimum Gasteiger partial charge on any atom is -0.456 e. The normalized spacial score (nSPS) is 14.3. The van der Waals surface area contributed by atoms with Crippen molar-refractivity contribution < 1.29 is 37.3 Å². The summed E-state index contributed by atoms with van der Waals surface area (Å²) < 4.78 is 30.6. The molecule has 0 aliphatic rings. The van der Waals surface area contributed by atoms with Crippen molar-refractivity contribution in [1.29, 1.82) is 0 Å². The van der Waals surface area contributed by atoms with E-state index >= 15 is 0 Å². The molecule has 3 atom stereocenters. The Morgan fingerprint density at radius 1 is 0.514 bits per heavy atom. The smallest absolute Gasteiger partial charge is 0.456 e. The van der Waals surface area contributed by atoms with E-state index in [1.54, 1.807) is 0 Å². The maximum atomic E-state index is 13.5. The molecule has 0 spiro atoms. The third-order valence-corrected chi connectivity index (χ3v) is 13.4. The quantitative estimate of drug-likeness (QED) is 0.0205. The van der Waals surface area contributed by atoms with Gasteiger partial charge in [-0.05, 0) is 63.9 Å². The molecule has 0 saturated carbocycles. The highest BCUT2D eigenvalue weighted by molar-refractivity contribution is 7.47. The van der Waals surface area contributed by atoms with Crippen LogP contribution in [-0.4, -0.2) is 74.3 Å². The van der Waals surface area contributed by atoms with E-state index in [9.17, 15) is 19.0 Å². The van der Waals surface area contributed by atoms with Gasteiger partial charge in [-0.1, -0.05) is 242 Å². The van der Waals surface area contributed by atoms with Crippen molar-refractivity contribution in [1.82, 2.24) is 5.32 Å². The molecule has 0 bridgehead atoms. The number of ether oxygens (including phenoxy) is 1. The van der Waals surface area contributed by atoms with Crippen LogP contribution in [0, 0.1) is 0 Å². The molecule has 9 nitrogen and oxygen atoms in total. The first-order valence-electron chi connectivity index (χ1n) is 28.8. The first kappa shape index (κ1) is 67.5. The number of phosphoric acid groups is 1. The molecule has 0 radical (unpaired) electrons. The number of nitrogens with zero attached hydrogens (tertiary/aromatic N) is 1. The van der Waals surface area contributed by atoms with Crippen molar-refractivity contribution in [3.8, 4) is 0 Å². The van der Waals surface area contributed by atoms with Crippen LogP contribution in [0.2, 0.25) is 0 Å². The van der Waals surface area contributed by atoms with Crippen molar-refractivity contribution in [2.24, 2.45) is 0 Å². The highest BCUT2D eigenvalue weighted by atomic mass is 31.2. The van der Waals surface area contributed by atoms with Crippen molar-refractivity contribution in [2.45, 2.75) is 258 Å². The van der Waals surface area contributed by atoms with Crippen LogP contribution in [0.5, 0.6) is 0 Å². The van der Waals surface area contributed by atoms with E-state index in [-0.39, 0.29) is 37.9 Å². The lowest BCUT2D eigenvalue weighted by molar-refractivity contribution is -0.870. The minimum absolute atomic E-state index is 0.0259. The van der Waals surface area contributed by atoms with Gasteiger partial charge in [0.1, 0.15) is 19.3 Å². The molecule has 0 aromatic heterocycles. The van der Waals surface area contributed by atoms with Gasteiger partial charge < -0.3 is 19.4 Å². The predicted molar refractivity (Wildman–Crippen MR) is 300 cm³/mol. The molecule has 0 heterocycles. The second-order valence-corrected chi connectivity index (χ2v) is 21.9. The SMILES string of the molecule is CC/C=C/C/C=C/C/C=C/C/C=C/C/C=C/CCC(=O)NC(COP(=O)(O)OCC[N+](C)(C)C)C(/C=C/CCCCCCCCCCCCC)OC(=O)CCCCCCCCCCCCCCCCC. The lowest BCUT2D eigenvalue weighted by Gasteiger charge is -2.27. The standard InChI is InChI=1S/C60H109N2O7P/c1-7-10-13-16-19-22-25-28-30-32-34-37-40-43-46-49-52-59(63)61-57(56-68-70(65,66)67-55-54-62(4,5)6)58(51-48-45-42-39-36-33-27-24-21-18-15-12-9-3)69-60(64)53-50-47-44-41-38-35-31-29-26-23-20-17-14-11-8-2/h10,13,19,22,28,30,34,37,43,46,48,51,57-58H,7-9,11-12,14-18,20-21,23-27,29,31-33,35-36,38-42,44-45,47,49-50,52-56H2,1-6H3,(H-,61,63,65,66)/p+1/b13-10+,22-19+,30-28+,37-34+,46-43+,51-48+. The van der Waals surface area contributed by atoms with Crippen LogP contribution >= 0.6 is 7.82 Å². The maximum Gasteiger partial charge on any atom is 0.472 e. The van der Waals surface area contributed by atoms with Crippen LogP contribution in [0.4, 0.5) is 0 Å². The number of likely N-dealkylation sites (N-methyl/N-ethyl adjacent to an activating group) is 1. The van der Waals surface area contributed by atoms with Crippen LogP contribution < -0.4 is 5.32 Å². The van der Waals surface area contributed by atoms with Crippen LogP contribution in [0.3, 0.4) is 0 Å². The number of allylic oxidation sites excluding steroid dienone is 11. The second-order valence-electron chi connectivity index (χ2n) is 20.4. The number of carbonyl (C=O) groups is 2. The summed E-state index contributed by atoms with van der Waals surface area (Å²) in [5, 5.41) is 3.00. The van der Waals surface area contributed by atoms with Gasteiger partial charge in [-0.2, -0.15) is 0 Å². The van der Waals surface area contributed by atoms with Crippen molar-refractivity contribution >= 4 is 19.7 Å². The number of rotatable bonds is 51. The van der Waals surface area contributed by atoms with E-state index in [0.29, 0.717) is 17.4 Å². The Bertz CT molecular complexity index is 1430. The van der Waals surface area contributed by atoms with Gasteiger partial charge in [0.15, 0.2) is 0 Å². The Morgan fingerprint density at radius 2 is 0.929 bits per heavy atom. The zero-order valence-corrected chi connectivity index (χ0v) is 47.1. The highest BCUT2D eigenvalue weighted by Crippen LogP contribution is 2.43. The highest BCUT2D eigenvalue weighted by Gasteiger charge is 2.30. The summed E-state index contributed by atoms with van der Waals surface area (Å²) in [6.07, 6.45) is 63.4. The first-order chi connectivity index (χ1) is 33.9. The molecule has 1 amide bonds. The minimum atomic E-state index is -4.46. The van der Waals surface area contributed by atoms with Gasteiger partial charge in [-0.3, -0.25) is 18.6 Å². The lowest BCUT2D eigenvalue weighted by atomic mass is 10.0. The average molecular weight is 1000 g/mol. The number of unbranched alkanes of at least 4 members (excludes halogenated alkanes) is 25. The van der Waals surface area contributed by atoms with Crippen LogP contribution in [0.15, 0.2) is 72.9 Å². The van der Waals surface area contributed by atoms with E-state index in [2.05, 4.69) is 80.8 Å². The zero-order chi connectivity index (χ0) is 51.5. The summed E-state index contributed by atoms with van der Waals surface area (Å²) in [5.74, 6) is -0.598. The molecule has 0 aromatic carbocycles. The number of hydrogen-bond acceptors (Lipinski definition) is 6. The molecule has 0 aromatic rings. The number of hydrogen-bond donors (Lipinski definition) is 2. The fourth-order valence-corrected chi connectivity index (χ4v) is 8.72. The fraction of sp³-hybridized carbons (Fsp3) is 0.767. The topological polar surface area (TPSA) is 111 Å². The molecular weight excluding hydrogens is 892 g/mol. The zero-order valence-electron chi connectivity index (χ0n) is 46.2. The van der Waals surface area contributed by atoms with Gasteiger partial charge in [0, 0.05) is 12.8 Å². The summed E-state index contributed by atoms with van der Waals surface area (Å²) in [6, 6.07) is -0.887. The Hall–Kier alpha value is -2.55. The monoisotopic (exact) mass is 1000 g/mol. The van der Waals surface area contributed by atoms with E-state index in [1.165, 1.54) is 135 Å². The summed E-state index contributed by atoms with van der Waals surface area (Å²) in [7, 11) is 1.45. The largest absolute Gasteiger partial charge is 0.472 e. The molecule has 2 N–H and O–H groups in total. The van der Waals surface area contributed by atoms with E-state index in [0.717, 1.165) is 70.6 Å². The average Bonchev–Trinajstić information content (AvgIpc) is 3.32. The van der Waals surface area contributed by atoms with Gasteiger partial charge in [0.05, 0.1) is 33.8 Å². The molecule has 0 aliphatic heterocycles. The predicted octanol–water partition coefficient (Wildman–Crippen LogP) is 17.3. The van der Waals surface area contributed by atoms with Crippen LogP contribution in [0.25, 0.3) is 0 Å². The van der Waals surface area contributed by atoms with Gasteiger partial charge in [-0.15, -0.1) is 0 Å². The summed E-state index contributed by atoms with van der Waals surface area (Å²) in [5.41, 5.74) is 0. The Labute approximate surface area is 432 Å². The number of esters is 1. The fourth-order valence-electron chi connectivity index (χ4n) is 7.99. The second kappa shape index (κ2) is 50.0. The maximum absolute atomic E-state index is 13.5. The molecule has 10 heteroatoms. The van der Waals surface area contributed by atoms with E-state index in [4.69, 9.17) is 13.8 Å². The molecule has 0 aliphatic carbocycles. The number of phosphoric ester groups is 1. The van der Waals surface area contributed by atoms with Crippen molar-refractivity contribution in [3.63, 3.8) is 0 Å². The molecule has 3 unspecified atom stereocenters. The number of carbonyl (C=O) groups excluding carboxylic acids is 2. The third-order valence-electron chi connectivity index (χ3n) is 12.4. The molecular formula is C60H110N2O7P+. The van der Waals surface area contributed by atoms with Gasteiger partial charge in [0.2, 0.25) is 5.91 Å². The molecule has 0 saturated heterocycles. The van der Waals surface area contributed by atoms with Gasteiger partial charge in [0.25, 0.3) is 0 Å². The number of quaternary nitrogens is 1. The summed E-state index contributed by atoms with van der Waals surface area (Å²) in [4.78, 5) is 37.5. The van der Waals surface area contributed by atoms with E-state index < -0.39 is 20.0 Å². The molecule has 70 heavy (non-hydrogen) atoms. The summed E-state index contributed by atoms with van der Waals surface area (Å²) in [6.45, 7) is 6.84. The summed E-state index contributed by atoms with van der Waals surface area (Å²) >= 11 is 0. The van der Waals surface area contributed by atoms with Crippen LogP contribution in [0.1, 0.15) is 245 Å². The van der Waals surface area contributed by atoms with Gasteiger partial charge in [-0.25, -0.2) is 4.57 Å². The number of amides is 1.